The van der Waals surface area contributed by atoms with Crippen molar-refractivity contribution in [2.24, 2.45) is 7.05 Å². The first-order valence-electron chi connectivity index (χ1n) is 13.4. The van der Waals surface area contributed by atoms with E-state index >= 15 is 0 Å². The molecule has 0 atom stereocenters. The van der Waals surface area contributed by atoms with Crippen LogP contribution in [0.15, 0.2) is 75.9 Å². The molecule has 6 rings (SSSR count). The van der Waals surface area contributed by atoms with Crippen LogP contribution in [0.1, 0.15) is 17.3 Å². The average molecular weight is 618 g/mol. The zero-order valence-corrected chi connectivity index (χ0v) is 24.5. The number of benzene rings is 3. The summed E-state index contributed by atoms with van der Waals surface area (Å²) in [6.45, 7) is 1.47. The standard InChI is InChI=1S/C31H25F2N5O5S/c1-4-44(41,42)37-26-15-27-21(28(30(39)34-2)29(43-27)16-8-10-17(32)11-9-16)12-19(26)25-14-20(31(40)38(3)36-25)24-13-18-22(33)6-5-7-23(18)35-24/h5-15,35,37H,4H2,1-3H3,(H,34,39). The third-order valence-corrected chi connectivity index (χ3v) is 8.57. The number of carbonyl (C=O) groups excluding carboxylic acids is 1. The van der Waals surface area contributed by atoms with Gasteiger partial charge >= 0.3 is 0 Å². The molecule has 0 spiro atoms. The smallest absolute Gasteiger partial charge is 0.275 e. The Morgan fingerprint density at radius 3 is 2.45 bits per heavy atom. The predicted octanol–water partition coefficient (Wildman–Crippen LogP) is 5.41. The highest BCUT2D eigenvalue weighted by molar-refractivity contribution is 7.92. The van der Waals surface area contributed by atoms with Crippen molar-refractivity contribution in [3.63, 3.8) is 0 Å². The maximum Gasteiger partial charge on any atom is 0.275 e. The second-order valence-electron chi connectivity index (χ2n) is 10.0. The maximum atomic E-state index is 14.5. The van der Waals surface area contributed by atoms with Crippen LogP contribution in [0.3, 0.4) is 0 Å². The van der Waals surface area contributed by atoms with Crippen LogP contribution in [0.25, 0.3) is 55.7 Å². The lowest BCUT2D eigenvalue weighted by molar-refractivity contribution is 0.0964. The molecule has 10 nitrogen and oxygen atoms in total. The SMILES string of the molecule is CCS(=O)(=O)Nc1cc2oc(-c3ccc(F)cc3)c(C(=O)NC)c2cc1-c1cc(-c2cc3c(F)cccc3[nH]2)c(=O)n(C)n1. The topological polar surface area (TPSA) is 139 Å². The third-order valence-electron chi connectivity index (χ3n) is 7.27. The fourth-order valence-corrected chi connectivity index (χ4v) is 5.68. The highest BCUT2D eigenvalue weighted by Crippen LogP contribution is 2.40. The minimum atomic E-state index is -3.81. The molecule has 13 heteroatoms. The molecule has 0 radical (unpaired) electrons. The van der Waals surface area contributed by atoms with Gasteiger partial charge in [0.25, 0.3) is 11.5 Å². The van der Waals surface area contributed by atoms with Gasteiger partial charge in [-0.1, -0.05) is 6.07 Å². The summed E-state index contributed by atoms with van der Waals surface area (Å²) in [4.78, 5) is 29.5. The molecule has 1 amide bonds. The number of nitrogens with one attached hydrogen (secondary N) is 3. The number of aromatic amines is 1. The molecule has 3 aromatic heterocycles. The zero-order chi connectivity index (χ0) is 31.3. The van der Waals surface area contributed by atoms with Gasteiger partial charge in [-0.2, -0.15) is 5.10 Å². The number of amides is 1. The summed E-state index contributed by atoms with van der Waals surface area (Å²) in [5, 5.41) is 7.60. The second-order valence-corrected chi connectivity index (χ2v) is 12.1. The van der Waals surface area contributed by atoms with Gasteiger partial charge in [0.05, 0.1) is 34.0 Å². The molecular formula is C31H25F2N5O5S. The number of hydrogen-bond acceptors (Lipinski definition) is 6. The molecule has 44 heavy (non-hydrogen) atoms. The van der Waals surface area contributed by atoms with Crippen LogP contribution in [0.5, 0.6) is 0 Å². The molecule has 0 aliphatic heterocycles. The molecule has 0 aliphatic rings. The van der Waals surface area contributed by atoms with Crippen LogP contribution in [0.4, 0.5) is 14.5 Å². The van der Waals surface area contributed by atoms with Crippen molar-refractivity contribution in [3.05, 3.63) is 94.3 Å². The van der Waals surface area contributed by atoms with E-state index in [2.05, 4.69) is 20.1 Å². The van der Waals surface area contributed by atoms with Crippen LogP contribution in [-0.4, -0.2) is 41.9 Å². The van der Waals surface area contributed by atoms with Crippen molar-refractivity contribution in [2.45, 2.75) is 6.92 Å². The monoisotopic (exact) mass is 617 g/mol. The van der Waals surface area contributed by atoms with Crippen LogP contribution < -0.4 is 15.6 Å². The number of hydrogen-bond donors (Lipinski definition) is 3. The molecule has 0 saturated carbocycles. The van der Waals surface area contributed by atoms with Crippen molar-refractivity contribution in [2.75, 3.05) is 17.5 Å². The number of nitrogens with zero attached hydrogens (tertiary/aromatic N) is 2. The predicted molar refractivity (Wildman–Crippen MR) is 164 cm³/mol. The van der Waals surface area contributed by atoms with Gasteiger partial charge in [0.2, 0.25) is 10.0 Å². The molecular weight excluding hydrogens is 592 g/mol. The number of furan rings is 1. The van der Waals surface area contributed by atoms with Gasteiger partial charge in [-0.05, 0) is 61.5 Å². The summed E-state index contributed by atoms with van der Waals surface area (Å²) in [5.41, 5.74) is 1.74. The van der Waals surface area contributed by atoms with E-state index in [1.54, 1.807) is 18.2 Å². The largest absolute Gasteiger partial charge is 0.455 e. The van der Waals surface area contributed by atoms with Crippen LogP contribution in [-0.2, 0) is 17.1 Å². The first-order chi connectivity index (χ1) is 21.0. The maximum absolute atomic E-state index is 14.5. The van der Waals surface area contributed by atoms with E-state index in [9.17, 15) is 26.8 Å². The molecule has 3 aromatic carbocycles. The van der Waals surface area contributed by atoms with Crippen molar-refractivity contribution >= 4 is 43.5 Å². The first kappa shape index (κ1) is 28.8. The van der Waals surface area contributed by atoms with Crippen LogP contribution in [0.2, 0.25) is 0 Å². The second kappa shape index (κ2) is 10.8. The van der Waals surface area contributed by atoms with E-state index in [1.165, 1.54) is 69.6 Å². The highest BCUT2D eigenvalue weighted by Gasteiger charge is 2.25. The van der Waals surface area contributed by atoms with Gasteiger partial charge in [-0.15, -0.1) is 0 Å². The third kappa shape index (κ3) is 5.00. The Bertz CT molecular complexity index is 2270. The van der Waals surface area contributed by atoms with Crippen molar-refractivity contribution in [1.82, 2.24) is 20.1 Å². The normalized spacial score (nSPS) is 11.8. The summed E-state index contributed by atoms with van der Waals surface area (Å²) < 4.78 is 63.4. The lowest BCUT2D eigenvalue weighted by atomic mass is 10.0. The summed E-state index contributed by atoms with van der Waals surface area (Å²) >= 11 is 0. The number of fused-ring (bicyclic) bond motifs is 2. The summed E-state index contributed by atoms with van der Waals surface area (Å²) in [6.07, 6.45) is 0. The highest BCUT2D eigenvalue weighted by atomic mass is 32.2. The summed E-state index contributed by atoms with van der Waals surface area (Å²) in [5.74, 6) is -1.52. The minimum absolute atomic E-state index is 0.0852. The summed E-state index contributed by atoms with van der Waals surface area (Å²) in [7, 11) is -0.926. The van der Waals surface area contributed by atoms with Gasteiger partial charge in [0, 0.05) is 47.6 Å². The summed E-state index contributed by atoms with van der Waals surface area (Å²) in [6, 6.07) is 15.9. The van der Waals surface area contributed by atoms with Gasteiger partial charge in [-0.25, -0.2) is 21.9 Å². The Morgan fingerprint density at radius 2 is 1.77 bits per heavy atom. The van der Waals surface area contributed by atoms with E-state index in [0.29, 0.717) is 27.5 Å². The number of sulfonamides is 1. The number of carbonyl (C=O) groups is 1. The van der Waals surface area contributed by atoms with Gasteiger partial charge in [0.1, 0.15) is 23.0 Å². The number of H-pyrrole nitrogens is 1. The number of halogens is 2. The average Bonchev–Trinajstić information content (AvgIpc) is 3.60. The fourth-order valence-electron chi connectivity index (χ4n) is 5.03. The van der Waals surface area contributed by atoms with Crippen molar-refractivity contribution in [1.29, 1.82) is 0 Å². The van der Waals surface area contributed by atoms with E-state index < -0.39 is 33.1 Å². The van der Waals surface area contributed by atoms with E-state index in [4.69, 9.17) is 4.42 Å². The van der Waals surface area contributed by atoms with Crippen LogP contribution in [0, 0.1) is 11.6 Å². The molecule has 0 bridgehead atoms. The Hall–Kier alpha value is -5.30. The Morgan fingerprint density at radius 1 is 1.02 bits per heavy atom. The molecule has 0 aliphatic carbocycles. The number of aryl methyl sites for hydroxylation is 1. The quantitative estimate of drug-likeness (QED) is 0.219. The van der Waals surface area contributed by atoms with Gasteiger partial charge in [-0.3, -0.25) is 14.3 Å². The lowest BCUT2D eigenvalue weighted by Gasteiger charge is -2.13. The fraction of sp³-hybridized carbons (Fsp3) is 0.129. The molecule has 224 valence electrons. The number of aromatic nitrogens is 3. The van der Waals surface area contributed by atoms with Crippen molar-refractivity contribution in [3.8, 4) is 33.8 Å². The zero-order valence-electron chi connectivity index (χ0n) is 23.7. The van der Waals surface area contributed by atoms with E-state index in [-0.39, 0.29) is 45.2 Å². The Balaban J connectivity index is 1.64. The molecule has 3 heterocycles. The first-order valence-corrected chi connectivity index (χ1v) is 15.1. The minimum Gasteiger partial charge on any atom is -0.455 e. The van der Waals surface area contributed by atoms with E-state index in [1.807, 2.05) is 0 Å². The van der Waals surface area contributed by atoms with E-state index in [0.717, 1.165) is 4.68 Å². The Kier molecular flexibility index (Phi) is 7.04. The van der Waals surface area contributed by atoms with Gasteiger partial charge in [0.15, 0.2) is 0 Å². The molecule has 0 saturated heterocycles. The molecule has 0 fully saturated rings. The van der Waals surface area contributed by atoms with Gasteiger partial charge < -0.3 is 14.7 Å². The molecule has 0 unspecified atom stereocenters. The van der Waals surface area contributed by atoms with Crippen LogP contribution >= 0.6 is 0 Å². The number of rotatable bonds is 7. The number of anilines is 1. The lowest BCUT2D eigenvalue weighted by Crippen LogP contribution is -2.22. The van der Waals surface area contributed by atoms with Crippen molar-refractivity contribution < 1.29 is 26.4 Å². The molecule has 3 N–H and O–H groups in total. The molecule has 6 aromatic rings. The Labute approximate surface area is 249 Å².